The maximum Gasteiger partial charge on any atom is 0.161 e. The molecular weight excluding hydrogens is 288 g/mol. The lowest BCUT2D eigenvalue weighted by molar-refractivity contribution is 0.415. The summed E-state index contributed by atoms with van der Waals surface area (Å²) in [5, 5.41) is 0.540. The molecule has 110 valence electrons. The molecule has 5 nitrogen and oxygen atoms in total. The Labute approximate surface area is 128 Å². The number of ether oxygens (including phenoxy) is 1. The van der Waals surface area contributed by atoms with E-state index in [9.17, 15) is 0 Å². The Morgan fingerprint density at radius 2 is 2.05 bits per heavy atom. The van der Waals surface area contributed by atoms with Crippen LogP contribution < -0.4 is 16.0 Å². The first-order valence-corrected chi connectivity index (χ1v) is 7.31. The number of hydrogen-bond acceptors (Lipinski definition) is 5. The van der Waals surface area contributed by atoms with E-state index in [1.165, 1.54) is 0 Å². The topological polar surface area (TPSA) is 73.1 Å². The molecule has 1 heterocycles. The number of aryl methyl sites for hydroxylation is 1. The number of anilines is 1. The molecule has 0 fully saturated rings. The molecule has 1 aromatic heterocycles. The molecule has 0 saturated heterocycles. The quantitative estimate of drug-likeness (QED) is 0.673. The summed E-state index contributed by atoms with van der Waals surface area (Å²) in [6, 6.07) is 5.52. The summed E-state index contributed by atoms with van der Waals surface area (Å²) in [6.07, 6.45) is 4.23. The van der Waals surface area contributed by atoms with Gasteiger partial charge in [0.2, 0.25) is 0 Å². The number of hydrazine groups is 1. The van der Waals surface area contributed by atoms with E-state index in [-0.39, 0.29) is 0 Å². The van der Waals surface area contributed by atoms with Crippen molar-refractivity contribution in [2.75, 3.05) is 12.5 Å². The molecule has 3 rings (SSSR count). The summed E-state index contributed by atoms with van der Waals surface area (Å²) >= 11 is 6.18. The number of nitrogens with one attached hydrogen (secondary N) is 1. The van der Waals surface area contributed by atoms with Crippen LogP contribution in [0.4, 0.5) is 5.82 Å². The summed E-state index contributed by atoms with van der Waals surface area (Å²) in [7, 11) is 1.59. The van der Waals surface area contributed by atoms with Crippen LogP contribution in [0.15, 0.2) is 18.2 Å². The molecule has 0 saturated carbocycles. The Hall–Kier alpha value is -1.85. The number of halogens is 1. The van der Waals surface area contributed by atoms with Crippen LogP contribution in [0.1, 0.15) is 24.1 Å². The molecule has 0 radical (unpaired) electrons. The first-order valence-electron chi connectivity index (χ1n) is 6.93. The molecule has 1 aliphatic carbocycles. The lowest BCUT2D eigenvalue weighted by Crippen LogP contribution is -2.17. The van der Waals surface area contributed by atoms with Crippen molar-refractivity contribution in [1.82, 2.24) is 9.97 Å². The third-order valence-corrected chi connectivity index (χ3v) is 4.03. The van der Waals surface area contributed by atoms with Crippen molar-refractivity contribution in [2.24, 2.45) is 5.84 Å². The van der Waals surface area contributed by atoms with Crippen molar-refractivity contribution < 1.29 is 4.74 Å². The fraction of sp³-hybridized carbons (Fsp3) is 0.333. The number of rotatable bonds is 3. The van der Waals surface area contributed by atoms with Crippen LogP contribution in [-0.2, 0) is 12.8 Å². The predicted molar refractivity (Wildman–Crippen MR) is 83.5 cm³/mol. The first kappa shape index (κ1) is 14.1. The van der Waals surface area contributed by atoms with E-state index in [1.54, 1.807) is 7.11 Å². The fourth-order valence-electron chi connectivity index (χ4n) is 2.65. The van der Waals surface area contributed by atoms with Gasteiger partial charge in [-0.2, -0.15) is 0 Å². The molecule has 2 aromatic rings. The summed E-state index contributed by atoms with van der Waals surface area (Å²) in [5.41, 5.74) is 5.75. The van der Waals surface area contributed by atoms with Crippen molar-refractivity contribution in [2.45, 2.75) is 25.7 Å². The van der Waals surface area contributed by atoms with Gasteiger partial charge in [-0.15, -0.1) is 0 Å². The van der Waals surface area contributed by atoms with Gasteiger partial charge in [-0.3, -0.25) is 0 Å². The van der Waals surface area contributed by atoms with Crippen LogP contribution in [0.25, 0.3) is 11.4 Å². The van der Waals surface area contributed by atoms with Crippen LogP contribution in [0.2, 0.25) is 5.02 Å². The number of fused-ring (bicyclic) bond motifs is 1. The maximum atomic E-state index is 6.18. The molecular formula is C15H17ClN4O. The number of benzene rings is 1. The summed E-state index contributed by atoms with van der Waals surface area (Å²) in [4.78, 5) is 9.21. The molecule has 0 bridgehead atoms. The average Bonchev–Trinajstić information content (AvgIpc) is 2.53. The molecule has 0 atom stereocenters. The van der Waals surface area contributed by atoms with Gasteiger partial charge in [0.15, 0.2) is 5.82 Å². The van der Waals surface area contributed by atoms with Gasteiger partial charge in [-0.05, 0) is 43.9 Å². The lowest BCUT2D eigenvalue weighted by atomic mass is 9.96. The van der Waals surface area contributed by atoms with Crippen LogP contribution in [0, 0.1) is 0 Å². The lowest BCUT2D eigenvalue weighted by Gasteiger charge is -2.18. The van der Waals surface area contributed by atoms with Gasteiger partial charge in [0, 0.05) is 16.8 Å². The molecule has 0 unspecified atom stereocenters. The van der Waals surface area contributed by atoms with E-state index in [4.69, 9.17) is 22.2 Å². The Kier molecular flexibility index (Phi) is 3.94. The smallest absolute Gasteiger partial charge is 0.161 e. The van der Waals surface area contributed by atoms with Crippen molar-refractivity contribution >= 4 is 17.4 Å². The van der Waals surface area contributed by atoms with Gasteiger partial charge in [-0.1, -0.05) is 11.6 Å². The summed E-state index contributed by atoms with van der Waals surface area (Å²) < 4.78 is 5.17. The predicted octanol–water partition coefficient (Wildman–Crippen LogP) is 2.97. The van der Waals surface area contributed by atoms with Gasteiger partial charge in [0.25, 0.3) is 0 Å². The standard InChI is InChI=1S/C15H17ClN4O/c1-21-13-7-6-9(8-11(13)16)14-18-12-5-3-2-4-10(12)15(19-14)20-17/h6-8H,2-5,17H2,1H3,(H,18,19,20). The van der Waals surface area contributed by atoms with Gasteiger partial charge < -0.3 is 10.2 Å². The first-order chi connectivity index (χ1) is 10.2. The van der Waals surface area contributed by atoms with Crippen molar-refractivity contribution in [3.8, 4) is 17.1 Å². The number of nitrogens with two attached hydrogens (primary N) is 1. The minimum absolute atomic E-state index is 0.540. The minimum Gasteiger partial charge on any atom is -0.495 e. The number of nitrogens with zero attached hydrogens (tertiary/aromatic N) is 2. The van der Waals surface area contributed by atoms with Crippen molar-refractivity contribution in [1.29, 1.82) is 0 Å². The Morgan fingerprint density at radius 1 is 1.24 bits per heavy atom. The highest BCUT2D eigenvalue weighted by atomic mass is 35.5. The maximum absolute atomic E-state index is 6.18. The second-order valence-corrected chi connectivity index (χ2v) is 5.43. The van der Waals surface area contributed by atoms with Crippen molar-refractivity contribution in [3.63, 3.8) is 0 Å². The van der Waals surface area contributed by atoms with Crippen molar-refractivity contribution in [3.05, 3.63) is 34.5 Å². The highest BCUT2D eigenvalue weighted by molar-refractivity contribution is 6.32. The molecule has 0 spiro atoms. The van der Waals surface area contributed by atoms with Crippen LogP contribution in [0.3, 0.4) is 0 Å². The normalized spacial score (nSPS) is 13.7. The molecule has 1 aliphatic rings. The van der Waals surface area contributed by atoms with Crippen LogP contribution in [-0.4, -0.2) is 17.1 Å². The SMILES string of the molecule is COc1ccc(-c2nc3c(c(NN)n2)CCCC3)cc1Cl. The minimum atomic E-state index is 0.540. The van der Waals surface area contributed by atoms with E-state index in [0.717, 1.165) is 42.5 Å². The largest absolute Gasteiger partial charge is 0.495 e. The van der Waals surface area contributed by atoms with Crippen LogP contribution in [0.5, 0.6) is 5.75 Å². The number of methoxy groups -OCH3 is 1. The zero-order valence-corrected chi connectivity index (χ0v) is 12.6. The van der Waals surface area contributed by atoms with Gasteiger partial charge in [0.1, 0.15) is 11.6 Å². The highest BCUT2D eigenvalue weighted by Gasteiger charge is 2.18. The summed E-state index contributed by atoms with van der Waals surface area (Å²) in [5.74, 6) is 7.59. The van der Waals surface area contributed by atoms with E-state index in [0.29, 0.717) is 22.4 Å². The molecule has 3 N–H and O–H groups in total. The molecule has 21 heavy (non-hydrogen) atoms. The van der Waals surface area contributed by atoms with Crippen LogP contribution >= 0.6 is 11.6 Å². The zero-order chi connectivity index (χ0) is 14.8. The molecule has 0 aliphatic heterocycles. The van der Waals surface area contributed by atoms with E-state index in [2.05, 4.69) is 15.4 Å². The molecule has 0 amide bonds. The average molecular weight is 305 g/mol. The Morgan fingerprint density at radius 3 is 2.76 bits per heavy atom. The summed E-state index contributed by atoms with van der Waals surface area (Å²) in [6.45, 7) is 0. The van der Waals surface area contributed by atoms with E-state index in [1.807, 2.05) is 18.2 Å². The molecule has 1 aromatic carbocycles. The number of aromatic nitrogens is 2. The highest BCUT2D eigenvalue weighted by Crippen LogP contribution is 2.31. The van der Waals surface area contributed by atoms with Gasteiger partial charge >= 0.3 is 0 Å². The van der Waals surface area contributed by atoms with Gasteiger partial charge in [0.05, 0.1) is 12.1 Å². The number of hydrogen-bond donors (Lipinski definition) is 2. The monoisotopic (exact) mass is 304 g/mol. The second-order valence-electron chi connectivity index (χ2n) is 5.02. The third kappa shape index (κ3) is 2.66. The van der Waals surface area contributed by atoms with E-state index < -0.39 is 0 Å². The van der Waals surface area contributed by atoms with E-state index >= 15 is 0 Å². The zero-order valence-electron chi connectivity index (χ0n) is 11.8. The second kappa shape index (κ2) is 5.87. The Balaban J connectivity index is 2.08. The third-order valence-electron chi connectivity index (χ3n) is 3.73. The number of nitrogen functional groups attached to an aromatic ring is 1. The fourth-order valence-corrected chi connectivity index (χ4v) is 2.91. The van der Waals surface area contributed by atoms with Gasteiger partial charge in [-0.25, -0.2) is 15.8 Å². The Bertz CT molecular complexity index is 658. The molecule has 6 heteroatoms.